The number of aromatic nitrogens is 4. The molecule has 4 aromatic rings. The highest BCUT2D eigenvalue weighted by Crippen LogP contribution is 2.42. The first-order valence-corrected chi connectivity index (χ1v) is 9.01. The molecule has 1 atom stereocenters. The van der Waals surface area contributed by atoms with Crippen molar-refractivity contribution < 1.29 is 0 Å². The molecule has 3 aromatic heterocycles. The number of benzene rings is 1. The summed E-state index contributed by atoms with van der Waals surface area (Å²) < 4.78 is 0. The normalized spacial score (nSPS) is 18.2. The van der Waals surface area contributed by atoms with E-state index in [0.717, 1.165) is 29.1 Å². The van der Waals surface area contributed by atoms with E-state index < -0.39 is 0 Å². The van der Waals surface area contributed by atoms with Gasteiger partial charge in [-0.25, -0.2) is 0 Å². The minimum Gasteiger partial charge on any atom is -0.281 e. The topological polar surface area (TPSA) is 54.5 Å². The van der Waals surface area contributed by atoms with Crippen LogP contribution in [0.1, 0.15) is 22.4 Å². The first kappa shape index (κ1) is 15.7. The maximum atomic E-state index is 4.57. The molecule has 4 heteroatoms. The molecule has 1 aliphatic rings. The summed E-state index contributed by atoms with van der Waals surface area (Å²) in [6, 6.07) is 20.7. The Morgan fingerprint density at radius 3 is 2.37 bits per heavy atom. The maximum Gasteiger partial charge on any atom is 0.118 e. The predicted octanol–water partition coefficient (Wildman–Crippen LogP) is 4.42. The van der Waals surface area contributed by atoms with Crippen LogP contribution in [0.25, 0.3) is 17.5 Å². The van der Waals surface area contributed by atoms with Gasteiger partial charge in [0.15, 0.2) is 0 Å². The Labute approximate surface area is 157 Å². The largest absolute Gasteiger partial charge is 0.281 e. The maximum absolute atomic E-state index is 4.57. The molecule has 0 fully saturated rings. The molecule has 0 saturated carbocycles. The third-order valence-corrected chi connectivity index (χ3v) is 5.26. The van der Waals surface area contributed by atoms with Gasteiger partial charge in [0, 0.05) is 41.7 Å². The van der Waals surface area contributed by atoms with Crippen LogP contribution in [0.5, 0.6) is 0 Å². The molecule has 0 aliphatic heterocycles. The quantitative estimate of drug-likeness (QED) is 0.595. The van der Waals surface area contributed by atoms with Crippen LogP contribution >= 0.6 is 0 Å². The van der Waals surface area contributed by atoms with Gasteiger partial charge in [0.2, 0.25) is 0 Å². The lowest BCUT2D eigenvalue weighted by atomic mass is 9.68. The van der Waals surface area contributed by atoms with Crippen molar-refractivity contribution in [2.75, 3.05) is 0 Å². The van der Waals surface area contributed by atoms with Crippen LogP contribution in [0.15, 0.2) is 85.3 Å². The van der Waals surface area contributed by atoms with E-state index in [9.17, 15) is 0 Å². The predicted molar refractivity (Wildman–Crippen MR) is 106 cm³/mol. The van der Waals surface area contributed by atoms with Gasteiger partial charge in [-0.3, -0.25) is 15.1 Å². The van der Waals surface area contributed by atoms with Crippen molar-refractivity contribution in [3.8, 4) is 11.4 Å². The number of fused-ring (bicyclic) bond motifs is 1. The molecule has 1 N–H and O–H groups in total. The van der Waals surface area contributed by atoms with Gasteiger partial charge < -0.3 is 0 Å². The number of nitrogens with one attached hydrogen (secondary N) is 1. The van der Waals surface area contributed by atoms with Crippen LogP contribution in [0.2, 0.25) is 0 Å². The summed E-state index contributed by atoms with van der Waals surface area (Å²) in [6.07, 6.45) is 10.8. The summed E-state index contributed by atoms with van der Waals surface area (Å²) in [5, 5.41) is 7.83. The van der Waals surface area contributed by atoms with Gasteiger partial charge in [0.1, 0.15) is 5.69 Å². The zero-order valence-electron chi connectivity index (χ0n) is 14.7. The average Bonchev–Trinajstić information content (AvgIpc) is 3.18. The van der Waals surface area contributed by atoms with Crippen molar-refractivity contribution >= 4 is 6.08 Å². The molecular weight excluding hydrogens is 332 g/mol. The minimum absolute atomic E-state index is 0.245. The SMILES string of the molecule is C1=CC(c2ccccc2)(c2ccncc2)Cc2[nH]nc(-c3ccccn3)c21. The van der Waals surface area contributed by atoms with E-state index in [1.165, 1.54) is 11.1 Å². The molecule has 3 heterocycles. The fourth-order valence-electron chi connectivity index (χ4n) is 3.91. The number of H-pyrrole nitrogens is 1. The van der Waals surface area contributed by atoms with Gasteiger partial charge in [-0.1, -0.05) is 48.6 Å². The second-order valence-electron chi connectivity index (χ2n) is 6.76. The van der Waals surface area contributed by atoms with Gasteiger partial charge in [0.25, 0.3) is 0 Å². The average molecular weight is 350 g/mol. The molecule has 1 unspecified atom stereocenters. The second-order valence-corrected chi connectivity index (χ2v) is 6.76. The third kappa shape index (κ3) is 2.57. The van der Waals surface area contributed by atoms with E-state index in [0.29, 0.717) is 0 Å². The van der Waals surface area contributed by atoms with Crippen molar-refractivity contribution in [1.29, 1.82) is 0 Å². The molecule has 0 amide bonds. The van der Waals surface area contributed by atoms with Crippen LogP contribution in [0.3, 0.4) is 0 Å². The molecule has 27 heavy (non-hydrogen) atoms. The van der Waals surface area contributed by atoms with Crippen molar-refractivity contribution in [2.45, 2.75) is 11.8 Å². The summed E-state index contributed by atoms with van der Waals surface area (Å²) >= 11 is 0. The Morgan fingerprint density at radius 1 is 0.815 bits per heavy atom. The van der Waals surface area contributed by atoms with E-state index >= 15 is 0 Å². The lowest BCUT2D eigenvalue weighted by molar-refractivity contribution is 0.619. The smallest absolute Gasteiger partial charge is 0.118 e. The second kappa shape index (κ2) is 6.32. The van der Waals surface area contributed by atoms with Crippen LogP contribution in [0.4, 0.5) is 0 Å². The fourth-order valence-corrected chi connectivity index (χ4v) is 3.91. The number of rotatable bonds is 3. The molecule has 5 rings (SSSR count). The van der Waals surface area contributed by atoms with Gasteiger partial charge in [-0.2, -0.15) is 5.10 Å². The Bertz CT molecular complexity index is 1040. The van der Waals surface area contributed by atoms with Crippen molar-refractivity contribution in [3.63, 3.8) is 0 Å². The monoisotopic (exact) mass is 350 g/mol. The highest BCUT2D eigenvalue weighted by atomic mass is 15.1. The standard InChI is InChI=1S/C23H18N4/c1-2-6-17(7-3-1)23(18-10-14-24-15-11-18)12-9-19-21(16-23)26-27-22(19)20-8-4-5-13-25-20/h1-15H,16H2,(H,26,27). The number of hydrogen-bond donors (Lipinski definition) is 1. The number of pyridine rings is 2. The highest BCUT2D eigenvalue weighted by molar-refractivity contribution is 5.74. The van der Waals surface area contributed by atoms with Crippen LogP contribution in [-0.2, 0) is 11.8 Å². The summed E-state index contributed by atoms with van der Waals surface area (Å²) in [6.45, 7) is 0. The molecule has 130 valence electrons. The van der Waals surface area contributed by atoms with Gasteiger partial charge in [0.05, 0.1) is 5.69 Å². The Morgan fingerprint density at radius 2 is 1.59 bits per heavy atom. The Balaban J connectivity index is 1.66. The molecule has 1 aromatic carbocycles. The summed E-state index contributed by atoms with van der Waals surface area (Å²) in [5.74, 6) is 0. The summed E-state index contributed by atoms with van der Waals surface area (Å²) in [5.41, 5.74) is 6.26. The molecular formula is C23H18N4. The molecule has 0 radical (unpaired) electrons. The number of hydrogen-bond acceptors (Lipinski definition) is 3. The number of aromatic amines is 1. The van der Waals surface area contributed by atoms with Crippen molar-refractivity contribution in [2.24, 2.45) is 0 Å². The number of allylic oxidation sites excluding steroid dienone is 1. The molecule has 0 spiro atoms. The minimum atomic E-state index is -0.245. The van der Waals surface area contributed by atoms with Crippen molar-refractivity contribution in [3.05, 3.63) is 108 Å². The first-order valence-electron chi connectivity index (χ1n) is 9.01. The van der Waals surface area contributed by atoms with E-state index in [2.05, 4.69) is 74.8 Å². The van der Waals surface area contributed by atoms with Crippen molar-refractivity contribution in [1.82, 2.24) is 20.2 Å². The molecule has 1 aliphatic carbocycles. The molecule has 4 nitrogen and oxygen atoms in total. The molecule has 0 saturated heterocycles. The van der Waals surface area contributed by atoms with Crippen LogP contribution in [0, 0.1) is 0 Å². The Hall–Kier alpha value is -3.53. The van der Waals surface area contributed by atoms with E-state index in [1.54, 1.807) is 6.20 Å². The van der Waals surface area contributed by atoms with Gasteiger partial charge in [-0.05, 0) is 35.4 Å². The lowest BCUT2D eigenvalue weighted by Gasteiger charge is -2.34. The zero-order valence-corrected chi connectivity index (χ0v) is 14.7. The highest BCUT2D eigenvalue weighted by Gasteiger charge is 2.36. The van der Waals surface area contributed by atoms with E-state index in [1.807, 2.05) is 30.6 Å². The fraction of sp³-hybridized carbons (Fsp3) is 0.0870. The van der Waals surface area contributed by atoms with E-state index in [4.69, 9.17) is 0 Å². The van der Waals surface area contributed by atoms with Gasteiger partial charge in [-0.15, -0.1) is 0 Å². The van der Waals surface area contributed by atoms with Crippen LogP contribution in [-0.4, -0.2) is 20.2 Å². The lowest BCUT2D eigenvalue weighted by Crippen LogP contribution is -2.30. The first-order chi connectivity index (χ1) is 13.4. The molecule has 0 bridgehead atoms. The van der Waals surface area contributed by atoms with Gasteiger partial charge >= 0.3 is 0 Å². The number of nitrogens with zero attached hydrogens (tertiary/aromatic N) is 3. The Kier molecular flexibility index (Phi) is 3.68. The summed E-state index contributed by atoms with van der Waals surface area (Å²) in [4.78, 5) is 8.66. The zero-order chi connectivity index (χ0) is 18.1. The summed E-state index contributed by atoms with van der Waals surface area (Å²) in [7, 11) is 0. The third-order valence-electron chi connectivity index (χ3n) is 5.26. The van der Waals surface area contributed by atoms with E-state index in [-0.39, 0.29) is 5.41 Å². The van der Waals surface area contributed by atoms with Crippen LogP contribution < -0.4 is 0 Å².